The fourth-order valence-corrected chi connectivity index (χ4v) is 1.95. The predicted molar refractivity (Wildman–Crippen MR) is 65.7 cm³/mol. The van der Waals surface area contributed by atoms with Gasteiger partial charge < -0.3 is 5.53 Å². The number of nitrogens with zero attached hydrogens (tertiary/aromatic N) is 3. The minimum atomic E-state index is -0.613. The van der Waals surface area contributed by atoms with E-state index in [1.807, 2.05) is 0 Å². The molecule has 0 N–H and O–H groups in total. The molecular weight excluding hydrogens is 246 g/mol. The smallest absolute Gasteiger partial charge is 0.323 e. The summed E-state index contributed by atoms with van der Waals surface area (Å²) in [6.07, 6.45) is 0.767. The van der Waals surface area contributed by atoms with Crippen molar-refractivity contribution in [1.82, 2.24) is 4.90 Å². The molecule has 1 aromatic carbocycles. The lowest BCUT2D eigenvalue weighted by Gasteiger charge is -2.16. The summed E-state index contributed by atoms with van der Waals surface area (Å²) in [4.78, 5) is 39.2. The molecule has 0 bridgehead atoms. The van der Waals surface area contributed by atoms with Gasteiger partial charge in [-0.05, 0) is 12.1 Å². The second-order valence-corrected chi connectivity index (χ2v) is 4.31. The van der Waals surface area contributed by atoms with Gasteiger partial charge in [0.2, 0.25) is 5.78 Å². The largest absolute Gasteiger partial charge is 0.361 e. The molecule has 0 fully saturated rings. The van der Waals surface area contributed by atoms with Crippen LogP contribution in [0.1, 0.15) is 27.6 Å². The first-order chi connectivity index (χ1) is 9.06. The van der Waals surface area contributed by atoms with Gasteiger partial charge >= 0.3 is 6.21 Å². The molecule has 6 nitrogen and oxygen atoms in total. The molecule has 1 aliphatic rings. The number of amides is 2. The summed E-state index contributed by atoms with van der Waals surface area (Å²) in [5, 5.41) is 0. The third kappa shape index (κ3) is 2.21. The highest BCUT2D eigenvalue weighted by Gasteiger charge is 2.36. The van der Waals surface area contributed by atoms with Crippen molar-refractivity contribution in [3.8, 4) is 0 Å². The molecule has 96 valence electrons. The van der Waals surface area contributed by atoms with Gasteiger partial charge in [-0.1, -0.05) is 19.1 Å². The van der Waals surface area contributed by atoms with Crippen molar-refractivity contribution < 1.29 is 19.2 Å². The van der Waals surface area contributed by atoms with E-state index in [1.165, 1.54) is 0 Å². The van der Waals surface area contributed by atoms with Crippen LogP contribution in [0.25, 0.3) is 5.53 Å². The molecule has 0 unspecified atom stereocenters. The van der Waals surface area contributed by atoms with E-state index in [0.717, 1.165) is 11.1 Å². The average molecular weight is 257 g/mol. The molecule has 2 rings (SSSR count). The Bertz CT molecular complexity index is 582. The maximum absolute atomic E-state index is 12.0. The van der Waals surface area contributed by atoms with Crippen LogP contribution < -0.4 is 0 Å². The molecule has 0 radical (unpaired) electrons. The Labute approximate surface area is 109 Å². The van der Waals surface area contributed by atoms with Crippen LogP contribution in [-0.2, 0) is 4.79 Å². The van der Waals surface area contributed by atoms with E-state index in [0.29, 0.717) is 11.1 Å². The van der Waals surface area contributed by atoms with Crippen molar-refractivity contribution >= 4 is 23.8 Å². The van der Waals surface area contributed by atoms with Gasteiger partial charge in [0.05, 0.1) is 11.1 Å². The first-order valence-corrected chi connectivity index (χ1v) is 5.72. The lowest BCUT2D eigenvalue weighted by Crippen LogP contribution is -2.36. The fourth-order valence-electron chi connectivity index (χ4n) is 1.95. The minimum Gasteiger partial charge on any atom is -0.361 e. The maximum atomic E-state index is 12.0. The Balaban J connectivity index is 2.21. The summed E-state index contributed by atoms with van der Waals surface area (Å²) >= 11 is 0. The number of ketones is 1. The standard InChI is InChI=1S/C13H11N3O3/c1-8(11(17)6-15-14)7-16-12(18)9-4-2-3-5-10(9)13(16)19/h2-6,8H,7H2,1H3/t8-/m1/s1. The lowest BCUT2D eigenvalue weighted by atomic mass is 10.1. The Hall–Kier alpha value is -2.59. The predicted octanol–water partition coefficient (Wildman–Crippen LogP) is 0.788. The van der Waals surface area contributed by atoms with Crippen LogP contribution >= 0.6 is 0 Å². The van der Waals surface area contributed by atoms with Crippen molar-refractivity contribution in [1.29, 1.82) is 0 Å². The van der Waals surface area contributed by atoms with Crippen LogP contribution in [-0.4, -0.2) is 40.0 Å². The van der Waals surface area contributed by atoms with Crippen LogP contribution in [0.15, 0.2) is 24.3 Å². The number of carbonyl (C=O) groups is 3. The lowest BCUT2D eigenvalue weighted by molar-refractivity contribution is -0.119. The summed E-state index contributed by atoms with van der Waals surface area (Å²) in [7, 11) is 0. The number of benzene rings is 1. The molecule has 0 aromatic heterocycles. The molecule has 1 aromatic rings. The second kappa shape index (κ2) is 4.96. The van der Waals surface area contributed by atoms with Crippen LogP contribution in [0.4, 0.5) is 0 Å². The van der Waals surface area contributed by atoms with Crippen LogP contribution in [0, 0.1) is 5.92 Å². The number of hydrogen-bond donors (Lipinski definition) is 0. The van der Waals surface area contributed by atoms with Crippen LogP contribution in [0.5, 0.6) is 0 Å². The van der Waals surface area contributed by atoms with E-state index in [4.69, 9.17) is 5.53 Å². The Kier molecular flexibility index (Phi) is 3.35. The summed E-state index contributed by atoms with van der Waals surface area (Å²) < 4.78 is 0. The summed E-state index contributed by atoms with van der Waals surface area (Å²) in [6.45, 7) is 1.53. The molecule has 1 heterocycles. The Morgan fingerprint density at radius 1 is 1.32 bits per heavy atom. The van der Waals surface area contributed by atoms with E-state index >= 15 is 0 Å². The second-order valence-electron chi connectivity index (χ2n) is 4.31. The van der Waals surface area contributed by atoms with E-state index in [2.05, 4.69) is 4.79 Å². The Morgan fingerprint density at radius 3 is 2.32 bits per heavy atom. The fraction of sp³-hybridized carbons (Fsp3) is 0.231. The molecule has 0 aliphatic carbocycles. The van der Waals surface area contributed by atoms with E-state index in [-0.39, 0.29) is 6.54 Å². The molecule has 2 amide bonds. The average Bonchev–Trinajstić information content (AvgIpc) is 2.65. The topological polar surface area (TPSA) is 90.9 Å². The normalized spacial score (nSPS) is 14.9. The van der Waals surface area contributed by atoms with Crippen molar-refractivity contribution in [2.75, 3.05) is 6.54 Å². The Morgan fingerprint density at radius 2 is 1.84 bits per heavy atom. The van der Waals surface area contributed by atoms with Crippen molar-refractivity contribution in [3.63, 3.8) is 0 Å². The van der Waals surface area contributed by atoms with Crippen molar-refractivity contribution in [2.45, 2.75) is 6.92 Å². The van der Waals surface area contributed by atoms with E-state index < -0.39 is 23.5 Å². The third-order valence-corrected chi connectivity index (χ3v) is 3.01. The molecule has 1 aliphatic heterocycles. The van der Waals surface area contributed by atoms with Gasteiger partial charge in [-0.15, -0.1) is 0 Å². The van der Waals surface area contributed by atoms with Crippen LogP contribution in [0.3, 0.4) is 0 Å². The molecular formula is C13H11N3O3. The van der Waals surface area contributed by atoms with Gasteiger partial charge in [0.1, 0.15) is 0 Å². The SMILES string of the molecule is C[C@H](CN1C(=O)c2ccccc2C1=O)C(=O)C=[N+]=[N-]. The monoisotopic (exact) mass is 257 g/mol. The van der Waals surface area contributed by atoms with Gasteiger partial charge in [-0.3, -0.25) is 19.3 Å². The van der Waals surface area contributed by atoms with Crippen molar-refractivity contribution in [2.24, 2.45) is 5.92 Å². The molecule has 1 atom stereocenters. The van der Waals surface area contributed by atoms with Gasteiger partial charge in [-0.25, -0.2) is 0 Å². The first kappa shape index (κ1) is 12.9. The van der Waals surface area contributed by atoms with Crippen molar-refractivity contribution in [3.05, 3.63) is 40.9 Å². The minimum absolute atomic E-state index is 0.0306. The summed E-state index contributed by atoms with van der Waals surface area (Å²) in [5.41, 5.74) is 8.99. The first-order valence-electron chi connectivity index (χ1n) is 5.72. The zero-order chi connectivity index (χ0) is 14.0. The van der Waals surface area contributed by atoms with Gasteiger partial charge in [0.25, 0.3) is 11.8 Å². The highest BCUT2D eigenvalue weighted by Crippen LogP contribution is 2.23. The highest BCUT2D eigenvalue weighted by atomic mass is 16.2. The van der Waals surface area contributed by atoms with Crippen LogP contribution in [0.2, 0.25) is 0 Å². The molecule has 0 saturated heterocycles. The summed E-state index contributed by atoms with van der Waals surface area (Å²) in [6, 6.07) is 6.52. The number of imide groups is 1. The molecule has 19 heavy (non-hydrogen) atoms. The molecule has 6 heteroatoms. The molecule has 0 spiro atoms. The van der Waals surface area contributed by atoms with Gasteiger partial charge in [0, 0.05) is 12.5 Å². The number of fused-ring (bicyclic) bond motifs is 1. The maximum Gasteiger partial charge on any atom is 0.323 e. The highest BCUT2D eigenvalue weighted by molar-refractivity contribution is 6.26. The number of hydrogen-bond acceptors (Lipinski definition) is 3. The summed E-state index contributed by atoms with van der Waals surface area (Å²) in [5.74, 6) is -1.86. The zero-order valence-corrected chi connectivity index (χ0v) is 10.2. The van der Waals surface area contributed by atoms with E-state index in [1.54, 1.807) is 31.2 Å². The zero-order valence-electron chi connectivity index (χ0n) is 10.2. The third-order valence-electron chi connectivity index (χ3n) is 3.01. The quantitative estimate of drug-likeness (QED) is 0.345. The van der Waals surface area contributed by atoms with Gasteiger partial charge in [-0.2, -0.15) is 4.79 Å². The number of rotatable bonds is 4. The number of carbonyl (C=O) groups excluding carboxylic acids is 3. The van der Waals surface area contributed by atoms with Gasteiger partial charge in [0.15, 0.2) is 0 Å². The number of Topliss-reactive ketones (excluding diaryl/α,β-unsaturated/α-hetero) is 1. The molecule has 0 saturated carbocycles. The van der Waals surface area contributed by atoms with E-state index in [9.17, 15) is 14.4 Å².